The molecule has 0 bridgehead atoms. The molecule has 1 atom stereocenters. The van der Waals surface area contributed by atoms with E-state index in [0.717, 1.165) is 19.3 Å². The van der Waals surface area contributed by atoms with Crippen molar-refractivity contribution in [3.63, 3.8) is 0 Å². The Morgan fingerprint density at radius 2 is 2.19 bits per heavy atom. The first-order valence-electron chi connectivity index (χ1n) is 6.60. The lowest BCUT2D eigenvalue weighted by Crippen LogP contribution is -2.25. The van der Waals surface area contributed by atoms with E-state index in [1.54, 1.807) is 0 Å². The van der Waals surface area contributed by atoms with E-state index in [-0.39, 0.29) is 34.0 Å². The van der Waals surface area contributed by atoms with Gasteiger partial charge in [0.25, 0.3) is 0 Å². The number of benzene rings is 1. The van der Waals surface area contributed by atoms with Crippen LogP contribution in [0.5, 0.6) is 0 Å². The van der Waals surface area contributed by atoms with Crippen LogP contribution in [-0.2, 0) is 19.6 Å². The molecule has 1 fully saturated rings. The molecule has 0 aromatic heterocycles. The lowest BCUT2D eigenvalue weighted by molar-refractivity contribution is -0.119. The van der Waals surface area contributed by atoms with Crippen LogP contribution in [0.15, 0.2) is 23.1 Å². The number of carbonyl (C=O) groups is 1. The van der Waals surface area contributed by atoms with Gasteiger partial charge >= 0.3 is 0 Å². The van der Waals surface area contributed by atoms with E-state index < -0.39 is 10.0 Å². The maximum Gasteiger partial charge on any atom is 0.238 e. The molecule has 8 heteroatoms. The molecule has 1 aliphatic rings. The fourth-order valence-corrected chi connectivity index (χ4v) is 2.86. The van der Waals surface area contributed by atoms with Crippen LogP contribution in [0.1, 0.15) is 25.7 Å². The molecule has 1 saturated heterocycles. The normalized spacial score (nSPS) is 19.2. The molecule has 1 aliphatic heterocycles. The molecule has 1 aromatic rings. The van der Waals surface area contributed by atoms with Crippen molar-refractivity contribution in [2.45, 2.75) is 36.7 Å². The summed E-state index contributed by atoms with van der Waals surface area (Å²) in [4.78, 5) is 11.9. The standard InChI is InChI=1S/C13H17ClN2O4S/c14-11-5-4-10(21(15,18)19)8-12(11)16-13(17)7-9-3-1-2-6-20-9/h4-5,8-9H,1-3,6-7H2,(H,16,17)(H2,15,18,19). The average molecular weight is 333 g/mol. The second-order valence-electron chi connectivity index (χ2n) is 4.93. The molecule has 6 nitrogen and oxygen atoms in total. The SMILES string of the molecule is NS(=O)(=O)c1ccc(Cl)c(NC(=O)CC2CCCCO2)c1. The molecule has 2 rings (SSSR count). The van der Waals surface area contributed by atoms with Crippen molar-refractivity contribution in [1.82, 2.24) is 0 Å². The van der Waals surface area contributed by atoms with Crippen LogP contribution in [0.3, 0.4) is 0 Å². The minimum Gasteiger partial charge on any atom is -0.378 e. The molecule has 1 unspecified atom stereocenters. The highest BCUT2D eigenvalue weighted by Gasteiger charge is 2.19. The third-order valence-corrected chi connectivity index (χ3v) is 4.47. The van der Waals surface area contributed by atoms with Crippen LogP contribution < -0.4 is 10.5 Å². The van der Waals surface area contributed by atoms with E-state index in [4.69, 9.17) is 21.5 Å². The molecule has 0 aliphatic carbocycles. The number of nitrogens with one attached hydrogen (secondary N) is 1. The second kappa shape index (κ2) is 6.74. The van der Waals surface area contributed by atoms with Crippen LogP contribution in [0.2, 0.25) is 5.02 Å². The number of ether oxygens (including phenoxy) is 1. The average Bonchev–Trinajstić information content (AvgIpc) is 2.41. The molecule has 1 aromatic carbocycles. The Morgan fingerprint density at radius 3 is 2.81 bits per heavy atom. The van der Waals surface area contributed by atoms with Gasteiger partial charge in [-0.3, -0.25) is 4.79 Å². The van der Waals surface area contributed by atoms with Gasteiger partial charge in [0.1, 0.15) is 0 Å². The minimum atomic E-state index is -3.84. The van der Waals surface area contributed by atoms with Gasteiger partial charge in [-0.25, -0.2) is 13.6 Å². The van der Waals surface area contributed by atoms with Gasteiger partial charge in [-0.2, -0.15) is 0 Å². The van der Waals surface area contributed by atoms with Crippen molar-refractivity contribution in [1.29, 1.82) is 0 Å². The maximum atomic E-state index is 12.0. The zero-order valence-corrected chi connectivity index (χ0v) is 12.9. The van der Waals surface area contributed by atoms with E-state index >= 15 is 0 Å². The van der Waals surface area contributed by atoms with Gasteiger partial charge in [-0.05, 0) is 37.5 Å². The van der Waals surface area contributed by atoms with Crippen molar-refractivity contribution in [3.05, 3.63) is 23.2 Å². The Labute approximate surface area is 128 Å². The van der Waals surface area contributed by atoms with Crippen LogP contribution in [0.4, 0.5) is 5.69 Å². The monoisotopic (exact) mass is 332 g/mol. The Kier molecular flexibility index (Phi) is 5.21. The van der Waals surface area contributed by atoms with Crippen molar-refractivity contribution in [2.24, 2.45) is 5.14 Å². The summed E-state index contributed by atoms with van der Waals surface area (Å²) in [5.41, 5.74) is 0.226. The van der Waals surface area contributed by atoms with E-state index in [1.807, 2.05) is 0 Å². The maximum absolute atomic E-state index is 12.0. The van der Waals surface area contributed by atoms with Crippen LogP contribution in [0, 0.1) is 0 Å². The first kappa shape index (κ1) is 16.2. The van der Waals surface area contributed by atoms with Gasteiger partial charge in [0.05, 0.1) is 28.1 Å². The summed E-state index contributed by atoms with van der Waals surface area (Å²) in [5.74, 6) is -0.268. The Bertz CT molecular complexity index is 627. The first-order chi connectivity index (χ1) is 9.86. The summed E-state index contributed by atoms with van der Waals surface area (Å²) in [6, 6.07) is 3.92. The third-order valence-electron chi connectivity index (χ3n) is 3.23. The van der Waals surface area contributed by atoms with E-state index in [1.165, 1.54) is 18.2 Å². The largest absolute Gasteiger partial charge is 0.378 e. The molecule has 116 valence electrons. The molecular weight excluding hydrogens is 316 g/mol. The summed E-state index contributed by atoms with van der Waals surface area (Å²) < 4.78 is 28.1. The van der Waals surface area contributed by atoms with Gasteiger partial charge in [0.2, 0.25) is 15.9 Å². The van der Waals surface area contributed by atoms with Gasteiger partial charge in [0, 0.05) is 6.61 Å². The van der Waals surface area contributed by atoms with Gasteiger partial charge < -0.3 is 10.1 Å². The van der Waals surface area contributed by atoms with E-state index in [2.05, 4.69) is 5.32 Å². The third kappa shape index (κ3) is 4.67. The van der Waals surface area contributed by atoms with Crippen molar-refractivity contribution in [2.75, 3.05) is 11.9 Å². The highest BCUT2D eigenvalue weighted by atomic mass is 35.5. The Hall–Kier alpha value is -1.15. The van der Waals surface area contributed by atoms with Crippen molar-refractivity contribution in [3.8, 4) is 0 Å². The predicted molar refractivity (Wildman–Crippen MR) is 79.7 cm³/mol. The molecule has 3 N–H and O–H groups in total. The molecular formula is C13H17ClN2O4S. The minimum absolute atomic E-state index is 0.0982. The summed E-state index contributed by atoms with van der Waals surface area (Å²) in [5, 5.41) is 7.90. The predicted octanol–water partition coefficient (Wildman–Crippen LogP) is 1.89. The number of sulfonamides is 1. The smallest absolute Gasteiger partial charge is 0.238 e. The van der Waals surface area contributed by atoms with Crippen molar-refractivity contribution < 1.29 is 17.9 Å². The molecule has 1 amide bonds. The van der Waals surface area contributed by atoms with Crippen molar-refractivity contribution >= 4 is 33.2 Å². The van der Waals surface area contributed by atoms with Gasteiger partial charge in [-0.15, -0.1) is 0 Å². The number of carbonyl (C=O) groups excluding carboxylic acids is 1. The fraction of sp³-hybridized carbons (Fsp3) is 0.462. The van der Waals surface area contributed by atoms with Crippen LogP contribution in [-0.4, -0.2) is 27.0 Å². The molecule has 0 spiro atoms. The number of hydrogen-bond acceptors (Lipinski definition) is 4. The van der Waals surface area contributed by atoms with E-state index in [0.29, 0.717) is 6.61 Å². The Balaban J connectivity index is 2.06. The van der Waals surface area contributed by atoms with Gasteiger partial charge in [0.15, 0.2) is 0 Å². The summed E-state index contributed by atoms with van der Waals surface area (Å²) in [6.45, 7) is 0.666. The number of amides is 1. The fourth-order valence-electron chi connectivity index (χ4n) is 2.15. The zero-order valence-electron chi connectivity index (χ0n) is 11.3. The highest BCUT2D eigenvalue weighted by molar-refractivity contribution is 7.89. The number of anilines is 1. The topological polar surface area (TPSA) is 98.5 Å². The van der Waals surface area contributed by atoms with E-state index in [9.17, 15) is 13.2 Å². The molecule has 1 heterocycles. The lowest BCUT2D eigenvalue weighted by atomic mass is 10.1. The quantitative estimate of drug-likeness (QED) is 0.879. The van der Waals surface area contributed by atoms with Gasteiger partial charge in [-0.1, -0.05) is 11.6 Å². The number of hydrogen-bond donors (Lipinski definition) is 2. The summed E-state index contributed by atoms with van der Waals surface area (Å²) >= 11 is 5.95. The second-order valence-corrected chi connectivity index (χ2v) is 6.90. The molecule has 21 heavy (non-hydrogen) atoms. The number of primary sulfonamides is 1. The Morgan fingerprint density at radius 1 is 1.43 bits per heavy atom. The zero-order chi connectivity index (χ0) is 15.5. The summed E-state index contributed by atoms with van der Waals surface area (Å²) in [7, 11) is -3.84. The van der Waals surface area contributed by atoms with Crippen LogP contribution >= 0.6 is 11.6 Å². The number of rotatable bonds is 4. The first-order valence-corrected chi connectivity index (χ1v) is 8.52. The molecule has 0 radical (unpaired) electrons. The number of halogens is 1. The molecule has 0 saturated carbocycles. The van der Waals surface area contributed by atoms with Crippen LogP contribution in [0.25, 0.3) is 0 Å². The highest BCUT2D eigenvalue weighted by Crippen LogP contribution is 2.25. The summed E-state index contributed by atoms with van der Waals surface area (Å²) in [6.07, 6.45) is 3.02. The lowest BCUT2D eigenvalue weighted by Gasteiger charge is -2.22. The number of nitrogens with two attached hydrogens (primary N) is 1.